The van der Waals surface area contributed by atoms with Gasteiger partial charge in [-0.15, -0.1) is 0 Å². The van der Waals surface area contributed by atoms with E-state index in [1.165, 1.54) is 6.07 Å². The average Bonchev–Trinajstić information content (AvgIpc) is 2.26. The molecule has 0 saturated carbocycles. The third-order valence-corrected chi connectivity index (χ3v) is 2.61. The van der Waals surface area contributed by atoms with E-state index in [1.54, 1.807) is 7.11 Å². The fourth-order valence-corrected chi connectivity index (χ4v) is 1.72. The molecule has 18 heavy (non-hydrogen) atoms. The van der Waals surface area contributed by atoms with Crippen molar-refractivity contribution in [1.82, 2.24) is 5.32 Å². The van der Waals surface area contributed by atoms with Gasteiger partial charge in [-0.25, -0.2) is 8.78 Å². The maximum atomic E-state index is 13.4. The monoisotopic (exact) mass is 259 g/mol. The molecule has 1 unspecified atom stereocenters. The largest absolute Gasteiger partial charge is 0.387 e. The molecule has 102 valence electrons. The molecule has 0 amide bonds. The molecule has 0 spiro atoms. The maximum Gasteiger partial charge on any atom is 0.131 e. The van der Waals surface area contributed by atoms with E-state index in [4.69, 9.17) is 4.74 Å². The van der Waals surface area contributed by atoms with Crippen LogP contribution in [0.4, 0.5) is 8.78 Å². The van der Waals surface area contributed by atoms with Gasteiger partial charge in [0.2, 0.25) is 0 Å². The predicted molar refractivity (Wildman–Crippen MR) is 65.3 cm³/mol. The van der Waals surface area contributed by atoms with Crippen molar-refractivity contribution < 1.29 is 18.6 Å². The quantitative estimate of drug-likeness (QED) is 0.821. The number of nitrogens with one attached hydrogen (secondary N) is 1. The fraction of sp³-hybridized carbons (Fsp3) is 0.538. The Morgan fingerprint density at radius 1 is 1.33 bits per heavy atom. The highest BCUT2D eigenvalue weighted by Crippen LogP contribution is 2.20. The molecular formula is C13H19F2NO2. The van der Waals surface area contributed by atoms with Gasteiger partial charge in [-0.3, -0.25) is 0 Å². The van der Waals surface area contributed by atoms with E-state index in [9.17, 15) is 13.9 Å². The van der Waals surface area contributed by atoms with Gasteiger partial charge in [-0.05, 0) is 26.0 Å². The van der Waals surface area contributed by atoms with Gasteiger partial charge in [0.25, 0.3) is 0 Å². The first-order valence-electron chi connectivity index (χ1n) is 5.73. The van der Waals surface area contributed by atoms with Gasteiger partial charge in [-0.1, -0.05) is 6.07 Å². The molecule has 0 aliphatic carbocycles. The first-order valence-corrected chi connectivity index (χ1v) is 5.73. The lowest BCUT2D eigenvalue weighted by Crippen LogP contribution is -2.45. The van der Waals surface area contributed by atoms with E-state index >= 15 is 0 Å². The van der Waals surface area contributed by atoms with Crippen LogP contribution in [-0.2, 0) is 4.74 Å². The average molecular weight is 259 g/mol. The zero-order valence-electron chi connectivity index (χ0n) is 10.8. The predicted octanol–water partition coefficient (Wildman–Crippen LogP) is 2.01. The Morgan fingerprint density at radius 2 is 1.89 bits per heavy atom. The van der Waals surface area contributed by atoms with Crippen LogP contribution >= 0.6 is 0 Å². The zero-order chi connectivity index (χ0) is 13.8. The number of β-amino-alcohol motifs (C(OH)–C–C–N with tert-alkyl or cyclic N) is 1. The summed E-state index contributed by atoms with van der Waals surface area (Å²) in [6.07, 6.45) is -1.23. The van der Waals surface area contributed by atoms with Crippen molar-refractivity contribution in [3.63, 3.8) is 0 Å². The molecule has 0 saturated heterocycles. The van der Waals surface area contributed by atoms with Crippen molar-refractivity contribution in [2.75, 3.05) is 20.3 Å². The van der Waals surface area contributed by atoms with Crippen LogP contribution in [0.5, 0.6) is 0 Å². The molecule has 0 radical (unpaired) electrons. The smallest absolute Gasteiger partial charge is 0.131 e. The number of hydrogen-bond acceptors (Lipinski definition) is 3. The maximum absolute atomic E-state index is 13.4. The Morgan fingerprint density at radius 3 is 2.39 bits per heavy atom. The molecule has 2 N–H and O–H groups in total. The summed E-state index contributed by atoms with van der Waals surface area (Å²) < 4.78 is 31.8. The zero-order valence-corrected chi connectivity index (χ0v) is 10.8. The van der Waals surface area contributed by atoms with Crippen LogP contribution in [0.25, 0.3) is 0 Å². The molecular weight excluding hydrogens is 240 g/mol. The Bertz CT molecular complexity index is 376. The van der Waals surface area contributed by atoms with Gasteiger partial charge >= 0.3 is 0 Å². The van der Waals surface area contributed by atoms with Crippen molar-refractivity contribution in [3.8, 4) is 0 Å². The highest BCUT2D eigenvalue weighted by atomic mass is 19.1. The van der Waals surface area contributed by atoms with E-state index in [-0.39, 0.29) is 17.6 Å². The minimum absolute atomic E-state index is 0.0498. The second kappa shape index (κ2) is 6.22. The highest BCUT2D eigenvalue weighted by Gasteiger charge is 2.22. The van der Waals surface area contributed by atoms with Crippen molar-refractivity contribution in [3.05, 3.63) is 35.4 Å². The minimum atomic E-state index is -1.23. The van der Waals surface area contributed by atoms with Crippen LogP contribution in [0.3, 0.4) is 0 Å². The van der Waals surface area contributed by atoms with Crippen molar-refractivity contribution in [1.29, 1.82) is 0 Å². The summed E-state index contributed by atoms with van der Waals surface area (Å²) in [5.41, 5.74) is -0.685. The second-order valence-electron chi connectivity index (χ2n) is 4.85. The molecule has 1 aromatic carbocycles. The summed E-state index contributed by atoms with van der Waals surface area (Å²) in [4.78, 5) is 0. The van der Waals surface area contributed by atoms with Crippen LogP contribution < -0.4 is 5.32 Å². The van der Waals surface area contributed by atoms with E-state index < -0.39 is 17.7 Å². The van der Waals surface area contributed by atoms with Crippen LogP contribution in [0, 0.1) is 11.6 Å². The standard InChI is InChI=1S/C13H19F2NO2/c1-13(2,8-18-3)16-7-11(17)12-9(14)5-4-6-10(12)15/h4-6,11,16-17H,7-8H2,1-3H3. The Balaban J connectivity index is 2.69. The number of methoxy groups -OCH3 is 1. The van der Waals surface area contributed by atoms with Gasteiger partial charge in [0.05, 0.1) is 18.3 Å². The van der Waals surface area contributed by atoms with Gasteiger partial charge in [0.15, 0.2) is 0 Å². The number of aliphatic hydroxyl groups excluding tert-OH is 1. The molecule has 0 heterocycles. The van der Waals surface area contributed by atoms with E-state index in [0.29, 0.717) is 6.61 Å². The lowest BCUT2D eigenvalue weighted by atomic mass is 10.0. The van der Waals surface area contributed by atoms with Crippen molar-refractivity contribution >= 4 is 0 Å². The summed E-state index contributed by atoms with van der Waals surface area (Å²) in [7, 11) is 1.57. The SMILES string of the molecule is COCC(C)(C)NCC(O)c1c(F)cccc1F. The molecule has 1 aromatic rings. The third kappa shape index (κ3) is 4.01. The summed E-state index contributed by atoms with van der Waals surface area (Å²) >= 11 is 0. The molecule has 0 bridgehead atoms. The van der Waals surface area contributed by atoms with Crippen LogP contribution in [0.1, 0.15) is 25.5 Å². The Labute approximate surface area is 106 Å². The molecule has 0 aliphatic rings. The van der Waals surface area contributed by atoms with E-state index in [1.807, 2.05) is 13.8 Å². The van der Waals surface area contributed by atoms with Crippen molar-refractivity contribution in [2.45, 2.75) is 25.5 Å². The number of aliphatic hydroxyl groups is 1. The summed E-state index contributed by atoms with van der Waals surface area (Å²) in [5, 5.41) is 12.8. The Kier molecular flexibility index (Phi) is 5.19. The molecule has 1 atom stereocenters. The normalized spacial score (nSPS) is 13.7. The van der Waals surface area contributed by atoms with Crippen molar-refractivity contribution in [2.24, 2.45) is 0 Å². The summed E-state index contributed by atoms with van der Waals surface area (Å²) in [6, 6.07) is 3.52. The Hall–Kier alpha value is -1.04. The number of rotatable bonds is 6. The lowest BCUT2D eigenvalue weighted by molar-refractivity contribution is 0.105. The first kappa shape index (κ1) is 15.0. The second-order valence-corrected chi connectivity index (χ2v) is 4.85. The van der Waals surface area contributed by atoms with Gasteiger partial charge in [-0.2, -0.15) is 0 Å². The molecule has 0 aromatic heterocycles. The van der Waals surface area contributed by atoms with Gasteiger partial charge in [0.1, 0.15) is 11.6 Å². The third-order valence-electron chi connectivity index (χ3n) is 2.61. The highest BCUT2D eigenvalue weighted by molar-refractivity contribution is 5.22. The summed E-state index contributed by atoms with van der Waals surface area (Å²) in [5.74, 6) is -1.48. The first-order chi connectivity index (χ1) is 8.37. The van der Waals surface area contributed by atoms with Crippen LogP contribution in [0.2, 0.25) is 0 Å². The summed E-state index contributed by atoms with van der Waals surface area (Å²) in [6.45, 7) is 4.23. The molecule has 1 rings (SSSR count). The van der Waals surface area contributed by atoms with Crippen LogP contribution in [0.15, 0.2) is 18.2 Å². The molecule has 3 nitrogen and oxygen atoms in total. The topological polar surface area (TPSA) is 41.5 Å². The molecule has 5 heteroatoms. The number of benzene rings is 1. The molecule has 0 aliphatic heterocycles. The van der Waals surface area contributed by atoms with Gasteiger partial charge in [0, 0.05) is 19.2 Å². The van der Waals surface area contributed by atoms with E-state index in [2.05, 4.69) is 5.32 Å². The fourth-order valence-electron chi connectivity index (χ4n) is 1.72. The van der Waals surface area contributed by atoms with E-state index in [0.717, 1.165) is 12.1 Å². The van der Waals surface area contributed by atoms with Crippen LogP contribution in [-0.4, -0.2) is 30.9 Å². The number of halogens is 2. The number of hydrogen-bond donors (Lipinski definition) is 2. The molecule has 0 fully saturated rings. The number of ether oxygens (including phenoxy) is 1. The minimum Gasteiger partial charge on any atom is -0.387 e. The lowest BCUT2D eigenvalue weighted by Gasteiger charge is -2.27. The van der Waals surface area contributed by atoms with Gasteiger partial charge < -0.3 is 15.2 Å².